The molecule has 3 N–H and O–H groups in total. The fraction of sp³-hybridized carbons (Fsp3) is 0.308. The van der Waals surface area contributed by atoms with Gasteiger partial charge in [-0.1, -0.05) is 6.07 Å². The number of benzene rings is 1. The molecule has 0 radical (unpaired) electrons. The zero-order valence-corrected chi connectivity index (χ0v) is 10.6. The Hall–Kier alpha value is -2.37. The summed E-state index contributed by atoms with van der Waals surface area (Å²) in [4.78, 5) is 36.2. The fourth-order valence-corrected chi connectivity index (χ4v) is 1.97. The van der Waals surface area contributed by atoms with Crippen LogP contribution >= 0.6 is 0 Å². The fourth-order valence-electron chi connectivity index (χ4n) is 1.97. The highest BCUT2D eigenvalue weighted by Gasteiger charge is 2.32. The van der Waals surface area contributed by atoms with Crippen LogP contribution in [0.3, 0.4) is 0 Å². The highest BCUT2D eigenvalue weighted by Crippen LogP contribution is 2.13. The maximum absolute atomic E-state index is 12.0. The van der Waals surface area contributed by atoms with Crippen molar-refractivity contribution in [2.45, 2.75) is 18.9 Å². The number of nitrogens with one attached hydrogen (secondary N) is 1. The number of hydrogen-bond acceptors (Lipinski definition) is 4. The van der Waals surface area contributed by atoms with E-state index in [-0.39, 0.29) is 24.1 Å². The first-order chi connectivity index (χ1) is 8.99. The molecule has 1 aromatic carbocycles. The molecule has 1 atom stereocenters. The Bertz CT molecular complexity index is 542. The zero-order valence-electron chi connectivity index (χ0n) is 10.6. The summed E-state index contributed by atoms with van der Waals surface area (Å²) in [6.07, 6.45) is 0.584. The Morgan fingerprint density at radius 3 is 2.84 bits per heavy atom. The SMILES string of the molecule is CN1C(=O)CCC(NC(=O)c2cccc(N)c2)C1=O. The van der Waals surface area contributed by atoms with Crippen molar-refractivity contribution >= 4 is 23.4 Å². The lowest BCUT2D eigenvalue weighted by Crippen LogP contribution is -2.52. The third kappa shape index (κ3) is 2.73. The van der Waals surface area contributed by atoms with E-state index in [0.717, 1.165) is 4.90 Å². The van der Waals surface area contributed by atoms with Crippen LogP contribution in [-0.2, 0) is 9.59 Å². The van der Waals surface area contributed by atoms with Gasteiger partial charge in [-0.05, 0) is 24.6 Å². The van der Waals surface area contributed by atoms with Crippen LogP contribution in [0.25, 0.3) is 0 Å². The molecule has 1 aliphatic rings. The number of anilines is 1. The summed E-state index contributed by atoms with van der Waals surface area (Å²) in [6.45, 7) is 0. The molecule has 6 heteroatoms. The van der Waals surface area contributed by atoms with Gasteiger partial charge >= 0.3 is 0 Å². The lowest BCUT2D eigenvalue weighted by atomic mass is 10.0. The first-order valence-electron chi connectivity index (χ1n) is 5.96. The standard InChI is InChI=1S/C13H15N3O3/c1-16-11(17)6-5-10(13(16)19)15-12(18)8-3-2-4-9(14)7-8/h2-4,7,10H,5-6,14H2,1H3,(H,15,18). The summed E-state index contributed by atoms with van der Waals surface area (Å²) < 4.78 is 0. The van der Waals surface area contributed by atoms with Crippen molar-refractivity contribution in [1.29, 1.82) is 0 Å². The lowest BCUT2D eigenvalue weighted by Gasteiger charge is -2.28. The number of imide groups is 1. The van der Waals surface area contributed by atoms with E-state index < -0.39 is 6.04 Å². The first kappa shape index (κ1) is 13.1. The number of carbonyl (C=O) groups is 3. The Kier molecular flexibility index (Phi) is 3.50. The van der Waals surface area contributed by atoms with Gasteiger partial charge in [0, 0.05) is 24.7 Å². The van der Waals surface area contributed by atoms with E-state index in [0.29, 0.717) is 17.7 Å². The Morgan fingerprint density at radius 2 is 2.16 bits per heavy atom. The van der Waals surface area contributed by atoms with E-state index >= 15 is 0 Å². The Balaban J connectivity index is 2.07. The van der Waals surface area contributed by atoms with Crippen molar-refractivity contribution in [2.75, 3.05) is 12.8 Å². The number of likely N-dealkylation sites (N-methyl/N-ethyl adjacent to an activating group) is 1. The molecule has 2 rings (SSSR count). The number of nitrogens with zero attached hydrogens (tertiary/aromatic N) is 1. The number of nitrogen functional groups attached to an aromatic ring is 1. The molecule has 0 bridgehead atoms. The molecule has 1 aromatic rings. The van der Waals surface area contributed by atoms with Gasteiger partial charge in [-0.3, -0.25) is 19.3 Å². The molecule has 1 fully saturated rings. The second-order valence-corrected chi connectivity index (χ2v) is 4.48. The molecular weight excluding hydrogens is 246 g/mol. The number of hydrogen-bond donors (Lipinski definition) is 2. The predicted octanol–water partition coefficient (Wildman–Crippen LogP) is 0.146. The third-order valence-electron chi connectivity index (χ3n) is 3.10. The van der Waals surface area contributed by atoms with E-state index in [1.165, 1.54) is 13.1 Å². The van der Waals surface area contributed by atoms with Gasteiger partial charge in [0.25, 0.3) is 11.8 Å². The summed E-state index contributed by atoms with van der Waals surface area (Å²) in [5.41, 5.74) is 6.47. The highest BCUT2D eigenvalue weighted by atomic mass is 16.2. The van der Waals surface area contributed by atoms with E-state index in [1.54, 1.807) is 18.2 Å². The molecule has 0 spiro atoms. The minimum Gasteiger partial charge on any atom is -0.399 e. The number of rotatable bonds is 2. The van der Waals surface area contributed by atoms with Crippen molar-refractivity contribution < 1.29 is 14.4 Å². The molecule has 19 heavy (non-hydrogen) atoms. The van der Waals surface area contributed by atoms with E-state index in [2.05, 4.69) is 5.32 Å². The molecule has 0 saturated carbocycles. The lowest BCUT2D eigenvalue weighted by molar-refractivity contribution is -0.147. The van der Waals surface area contributed by atoms with Crippen LogP contribution < -0.4 is 11.1 Å². The van der Waals surface area contributed by atoms with Crippen LogP contribution in [0.15, 0.2) is 24.3 Å². The van der Waals surface area contributed by atoms with Crippen molar-refractivity contribution in [2.24, 2.45) is 0 Å². The summed E-state index contributed by atoms with van der Waals surface area (Å²) >= 11 is 0. The number of nitrogens with two attached hydrogens (primary N) is 1. The van der Waals surface area contributed by atoms with Gasteiger partial charge in [0.05, 0.1) is 0 Å². The molecule has 100 valence electrons. The summed E-state index contributed by atoms with van der Waals surface area (Å²) in [7, 11) is 1.42. The van der Waals surface area contributed by atoms with Crippen molar-refractivity contribution in [3.8, 4) is 0 Å². The molecule has 1 aliphatic heterocycles. The van der Waals surface area contributed by atoms with Crippen LogP contribution in [0.4, 0.5) is 5.69 Å². The monoisotopic (exact) mass is 261 g/mol. The van der Waals surface area contributed by atoms with Crippen molar-refractivity contribution in [3.05, 3.63) is 29.8 Å². The van der Waals surface area contributed by atoms with Gasteiger partial charge in [0.1, 0.15) is 6.04 Å². The maximum atomic E-state index is 12.0. The zero-order chi connectivity index (χ0) is 14.0. The van der Waals surface area contributed by atoms with Gasteiger partial charge < -0.3 is 11.1 Å². The van der Waals surface area contributed by atoms with Gasteiger partial charge in [-0.25, -0.2) is 0 Å². The van der Waals surface area contributed by atoms with Crippen LogP contribution in [0.2, 0.25) is 0 Å². The average molecular weight is 261 g/mol. The summed E-state index contributed by atoms with van der Waals surface area (Å²) in [5.74, 6) is -0.971. The van der Waals surface area contributed by atoms with Gasteiger partial charge in [0.2, 0.25) is 5.91 Å². The minimum absolute atomic E-state index is 0.223. The van der Waals surface area contributed by atoms with Gasteiger partial charge in [-0.2, -0.15) is 0 Å². The Labute approximate surface area is 110 Å². The van der Waals surface area contributed by atoms with Crippen LogP contribution in [0.1, 0.15) is 23.2 Å². The van der Waals surface area contributed by atoms with Gasteiger partial charge in [-0.15, -0.1) is 0 Å². The molecular formula is C13H15N3O3. The smallest absolute Gasteiger partial charge is 0.252 e. The van der Waals surface area contributed by atoms with Crippen LogP contribution in [-0.4, -0.2) is 35.7 Å². The van der Waals surface area contributed by atoms with E-state index in [1.807, 2.05) is 0 Å². The second-order valence-electron chi connectivity index (χ2n) is 4.48. The minimum atomic E-state index is -0.656. The molecule has 1 unspecified atom stereocenters. The second kappa shape index (κ2) is 5.09. The van der Waals surface area contributed by atoms with Crippen LogP contribution in [0.5, 0.6) is 0 Å². The van der Waals surface area contributed by atoms with E-state index in [9.17, 15) is 14.4 Å². The molecule has 0 aromatic heterocycles. The molecule has 6 nitrogen and oxygen atoms in total. The number of carbonyl (C=O) groups excluding carboxylic acids is 3. The topological polar surface area (TPSA) is 92.5 Å². The van der Waals surface area contributed by atoms with Crippen molar-refractivity contribution in [3.63, 3.8) is 0 Å². The quantitative estimate of drug-likeness (QED) is 0.585. The maximum Gasteiger partial charge on any atom is 0.252 e. The first-order valence-corrected chi connectivity index (χ1v) is 5.96. The highest BCUT2D eigenvalue weighted by molar-refractivity contribution is 6.03. The number of piperidine rings is 1. The molecule has 1 saturated heterocycles. The van der Waals surface area contributed by atoms with Crippen LogP contribution in [0, 0.1) is 0 Å². The largest absolute Gasteiger partial charge is 0.399 e. The average Bonchev–Trinajstić information content (AvgIpc) is 2.39. The number of amides is 3. The number of likely N-dealkylation sites (tertiary alicyclic amines) is 1. The molecule has 1 heterocycles. The normalized spacial score (nSPS) is 19.4. The predicted molar refractivity (Wildman–Crippen MR) is 69.1 cm³/mol. The third-order valence-corrected chi connectivity index (χ3v) is 3.10. The summed E-state index contributed by atoms with van der Waals surface area (Å²) in [5, 5.41) is 2.63. The summed E-state index contributed by atoms with van der Waals surface area (Å²) in [6, 6.07) is 5.85. The van der Waals surface area contributed by atoms with Gasteiger partial charge in [0.15, 0.2) is 0 Å². The Morgan fingerprint density at radius 1 is 1.42 bits per heavy atom. The molecule has 3 amide bonds. The molecule has 0 aliphatic carbocycles. The van der Waals surface area contributed by atoms with E-state index in [4.69, 9.17) is 5.73 Å². The van der Waals surface area contributed by atoms with Crippen molar-refractivity contribution in [1.82, 2.24) is 10.2 Å².